The lowest BCUT2D eigenvalue weighted by Gasteiger charge is -2.33. The minimum absolute atomic E-state index is 0.0354. The maximum absolute atomic E-state index is 12.1. The number of carboxylic acids is 1. The van der Waals surface area contributed by atoms with Gasteiger partial charge in [0, 0.05) is 23.7 Å². The number of nitrogens with zero attached hydrogens (tertiary/aromatic N) is 1. The van der Waals surface area contributed by atoms with Gasteiger partial charge in [-0.05, 0) is 31.9 Å². The summed E-state index contributed by atoms with van der Waals surface area (Å²) in [6.07, 6.45) is 3.68. The van der Waals surface area contributed by atoms with Crippen LogP contribution in [0.2, 0.25) is 0 Å². The van der Waals surface area contributed by atoms with Gasteiger partial charge in [-0.15, -0.1) is 0 Å². The molecular formula is C18H23N3O6. The van der Waals surface area contributed by atoms with Crippen LogP contribution in [0.4, 0.5) is 5.69 Å². The Morgan fingerprint density at radius 2 is 1.85 bits per heavy atom. The number of rotatable bonds is 7. The second kappa shape index (κ2) is 8.61. The topological polar surface area (TPSA) is 139 Å². The Balaban J connectivity index is 1.87. The largest absolute Gasteiger partial charge is 0.481 e. The molecule has 1 aliphatic carbocycles. The molecule has 1 fully saturated rings. The second-order valence-electron chi connectivity index (χ2n) is 6.86. The van der Waals surface area contributed by atoms with Crippen LogP contribution in [0.3, 0.4) is 0 Å². The summed E-state index contributed by atoms with van der Waals surface area (Å²) in [5, 5.41) is 25.3. The minimum Gasteiger partial charge on any atom is -0.481 e. The molecular weight excluding hydrogens is 354 g/mol. The van der Waals surface area contributed by atoms with Gasteiger partial charge in [-0.25, -0.2) is 0 Å². The third kappa shape index (κ3) is 5.02. The first-order valence-corrected chi connectivity index (χ1v) is 8.78. The number of amides is 2. The van der Waals surface area contributed by atoms with E-state index in [1.54, 1.807) is 0 Å². The van der Waals surface area contributed by atoms with Crippen LogP contribution in [0.5, 0.6) is 0 Å². The fourth-order valence-corrected chi connectivity index (χ4v) is 3.29. The highest BCUT2D eigenvalue weighted by Crippen LogP contribution is 2.35. The Morgan fingerprint density at radius 1 is 1.19 bits per heavy atom. The van der Waals surface area contributed by atoms with Gasteiger partial charge in [0.2, 0.25) is 5.91 Å². The van der Waals surface area contributed by atoms with Gasteiger partial charge in [0.15, 0.2) is 0 Å². The SMILES string of the molecule is Cc1cc(C(=O)NCC(=O)NCC2(C(=O)O)CCCCC2)ccc1[N+](=O)[O-]. The van der Waals surface area contributed by atoms with Crippen molar-refractivity contribution in [1.82, 2.24) is 10.6 Å². The number of nitro benzene ring substituents is 1. The van der Waals surface area contributed by atoms with Crippen LogP contribution >= 0.6 is 0 Å². The molecule has 0 heterocycles. The first-order chi connectivity index (χ1) is 12.7. The van der Waals surface area contributed by atoms with Crippen molar-refractivity contribution in [3.63, 3.8) is 0 Å². The molecule has 0 bridgehead atoms. The number of aliphatic carboxylic acids is 1. The van der Waals surface area contributed by atoms with Gasteiger partial charge in [0.1, 0.15) is 0 Å². The number of carboxylic acid groups (broad SMARTS) is 1. The van der Waals surface area contributed by atoms with Gasteiger partial charge < -0.3 is 15.7 Å². The Hall–Kier alpha value is -2.97. The lowest BCUT2D eigenvalue weighted by Crippen LogP contribution is -2.46. The van der Waals surface area contributed by atoms with Crippen LogP contribution in [-0.4, -0.2) is 40.9 Å². The first kappa shape index (κ1) is 20.3. The van der Waals surface area contributed by atoms with E-state index in [2.05, 4.69) is 10.6 Å². The molecule has 0 radical (unpaired) electrons. The van der Waals surface area contributed by atoms with Gasteiger partial charge in [0.25, 0.3) is 11.6 Å². The zero-order valence-corrected chi connectivity index (χ0v) is 15.1. The van der Waals surface area contributed by atoms with E-state index >= 15 is 0 Å². The number of hydrogen-bond donors (Lipinski definition) is 3. The highest BCUT2D eigenvalue weighted by Gasteiger charge is 2.39. The van der Waals surface area contributed by atoms with Gasteiger partial charge in [-0.2, -0.15) is 0 Å². The summed E-state index contributed by atoms with van der Waals surface area (Å²) in [4.78, 5) is 45.9. The Bertz CT molecular complexity index is 755. The Kier molecular flexibility index (Phi) is 6.49. The summed E-state index contributed by atoms with van der Waals surface area (Å²) in [6.45, 7) is 1.26. The van der Waals surface area contributed by atoms with E-state index < -0.39 is 28.1 Å². The van der Waals surface area contributed by atoms with Gasteiger partial charge in [-0.1, -0.05) is 19.3 Å². The normalized spacial score (nSPS) is 15.6. The molecule has 1 aliphatic rings. The van der Waals surface area contributed by atoms with Crippen molar-refractivity contribution in [1.29, 1.82) is 0 Å². The number of hydrogen-bond acceptors (Lipinski definition) is 5. The molecule has 0 saturated heterocycles. The van der Waals surface area contributed by atoms with E-state index in [0.29, 0.717) is 18.4 Å². The summed E-state index contributed by atoms with van der Waals surface area (Å²) < 4.78 is 0. The maximum atomic E-state index is 12.1. The molecule has 3 N–H and O–H groups in total. The number of carbonyl (C=O) groups excluding carboxylic acids is 2. The van der Waals surface area contributed by atoms with Crippen molar-refractivity contribution in [2.45, 2.75) is 39.0 Å². The molecule has 1 aromatic carbocycles. The van der Waals surface area contributed by atoms with E-state index in [4.69, 9.17) is 0 Å². The summed E-state index contributed by atoms with van der Waals surface area (Å²) in [7, 11) is 0. The fourth-order valence-electron chi connectivity index (χ4n) is 3.29. The van der Waals surface area contributed by atoms with Crippen LogP contribution in [0.25, 0.3) is 0 Å². The Labute approximate surface area is 156 Å². The van der Waals surface area contributed by atoms with Gasteiger partial charge in [0.05, 0.1) is 16.9 Å². The molecule has 0 atom stereocenters. The van der Waals surface area contributed by atoms with Crippen LogP contribution in [0.1, 0.15) is 48.0 Å². The molecule has 2 amide bonds. The first-order valence-electron chi connectivity index (χ1n) is 8.78. The number of nitrogens with one attached hydrogen (secondary N) is 2. The number of benzene rings is 1. The van der Waals surface area contributed by atoms with Crippen LogP contribution in [0, 0.1) is 22.5 Å². The van der Waals surface area contributed by atoms with Crippen molar-refractivity contribution in [2.75, 3.05) is 13.1 Å². The van der Waals surface area contributed by atoms with Crippen LogP contribution < -0.4 is 10.6 Å². The summed E-state index contributed by atoms with van der Waals surface area (Å²) in [5.41, 5.74) is -0.471. The lowest BCUT2D eigenvalue weighted by atomic mass is 9.74. The van der Waals surface area contributed by atoms with E-state index in [1.807, 2.05) is 0 Å². The lowest BCUT2D eigenvalue weighted by molar-refractivity contribution is -0.385. The van der Waals surface area contributed by atoms with E-state index in [1.165, 1.54) is 25.1 Å². The van der Waals surface area contributed by atoms with Crippen molar-refractivity contribution in [3.05, 3.63) is 39.4 Å². The molecule has 9 heteroatoms. The van der Waals surface area contributed by atoms with Crippen molar-refractivity contribution >= 4 is 23.5 Å². The molecule has 0 aliphatic heterocycles. The average Bonchev–Trinajstić information content (AvgIpc) is 2.64. The molecule has 2 rings (SSSR count). The van der Waals surface area contributed by atoms with E-state index in [-0.39, 0.29) is 24.3 Å². The van der Waals surface area contributed by atoms with E-state index in [9.17, 15) is 29.6 Å². The molecule has 27 heavy (non-hydrogen) atoms. The summed E-state index contributed by atoms with van der Waals surface area (Å²) >= 11 is 0. The minimum atomic E-state index is -0.937. The highest BCUT2D eigenvalue weighted by molar-refractivity contribution is 5.97. The van der Waals surface area contributed by atoms with Crippen molar-refractivity contribution in [2.24, 2.45) is 5.41 Å². The zero-order chi connectivity index (χ0) is 20.0. The van der Waals surface area contributed by atoms with Gasteiger partial charge >= 0.3 is 5.97 Å². The molecule has 0 aromatic heterocycles. The predicted octanol–water partition coefficient (Wildman–Crippen LogP) is 1.78. The van der Waals surface area contributed by atoms with E-state index in [0.717, 1.165) is 19.3 Å². The van der Waals surface area contributed by atoms with Gasteiger partial charge in [-0.3, -0.25) is 24.5 Å². The molecule has 1 aromatic rings. The van der Waals surface area contributed by atoms with Crippen molar-refractivity contribution in [3.8, 4) is 0 Å². The molecule has 9 nitrogen and oxygen atoms in total. The number of carbonyl (C=O) groups is 3. The van der Waals surface area contributed by atoms with Crippen LogP contribution in [0.15, 0.2) is 18.2 Å². The zero-order valence-electron chi connectivity index (χ0n) is 15.1. The third-order valence-corrected chi connectivity index (χ3v) is 4.95. The van der Waals surface area contributed by atoms with Crippen molar-refractivity contribution < 1.29 is 24.4 Å². The standard InChI is InChI=1S/C18H23N3O6/c1-12-9-13(5-6-14(12)21(26)27)16(23)19-10-15(22)20-11-18(17(24)25)7-3-2-4-8-18/h5-6,9H,2-4,7-8,10-11H2,1H3,(H,19,23)(H,20,22)(H,24,25). The molecule has 146 valence electrons. The summed E-state index contributed by atoms with van der Waals surface area (Å²) in [6, 6.07) is 3.94. The predicted molar refractivity (Wildman–Crippen MR) is 96.3 cm³/mol. The summed E-state index contributed by atoms with van der Waals surface area (Å²) in [5.74, 6) is -1.92. The van der Waals surface area contributed by atoms with Crippen LogP contribution in [-0.2, 0) is 9.59 Å². The number of nitro groups is 1. The molecule has 0 spiro atoms. The number of aryl methyl sites for hydroxylation is 1. The third-order valence-electron chi connectivity index (χ3n) is 4.95. The quantitative estimate of drug-likeness (QED) is 0.489. The second-order valence-corrected chi connectivity index (χ2v) is 6.86. The molecule has 1 saturated carbocycles. The Morgan fingerprint density at radius 3 is 2.41 bits per heavy atom. The molecule has 0 unspecified atom stereocenters. The maximum Gasteiger partial charge on any atom is 0.311 e. The monoisotopic (exact) mass is 377 g/mol. The smallest absolute Gasteiger partial charge is 0.311 e. The fraction of sp³-hybridized carbons (Fsp3) is 0.500. The average molecular weight is 377 g/mol. The highest BCUT2D eigenvalue weighted by atomic mass is 16.6.